The number of amides is 1. The number of aromatic nitrogens is 2. The van der Waals surface area contributed by atoms with E-state index in [-0.39, 0.29) is 23.9 Å². The lowest BCUT2D eigenvalue weighted by Gasteiger charge is -2.09. The molecule has 1 aromatic heterocycles. The molecule has 0 unspecified atom stereocenters. The predicted molar refractivity (Wildman–Crippen MR) is 83.0 cm³/mol. The van der Waals surface area contributed by atoms with Crippen molar-refractivity contribution in [3.63, 3.8) is 0 Å². The Kier molecular flexibility index (Phi) is 5.08. The minimum absolute atomic E-state index is 0.212. The van der Waals surface area contributed by atoms with Crippen molar-refractivity contribution < 1.29 is 14.3 Å². The first-order valence-corrected chi connectivity index (χ1v) is 6.91. The second-order valence-electron chi connectivity index (χ2n) is 4.36. The Hall–Kier alpha value is -2.89. The van der Waals surface area contributed by atoms with E-state index in [0.29, 0.717) is 0 Å². The molecule has 1 heterocycles. The molecule has 1 N–H and O–H groups in total. The average Bonchev–Trinajstić information content (AvgIpc) is 2.92. The topological polar surface area (TPSA) is 73.2 Å². The molecular formula is C16H17N3O3. The summed E-state index contributed by atoms with van der Waals surface area (Å²) in [5.41, 5.74) is 0.942. The van der Waals surface area contributed by atoms with E-state index < -0.39 is 5.97 Å². The highest BCUT2D eigenvalue weighted by molar-refractivity contribution is 6.04. The molecule has 0 radical (unpaired) electrons. The normalized spacial score (nSPS) is 10.6. The second kappa shape index (κ2) is 7.21. The van der Waals surface area contributed by atoms with Crippen LogP contribution in [0.25, 0.3) is 5.69 Å². The van der Waals surface area contributed by atoms with Gasteiger partial charge in [-0.3, -0.25) is 4.79 Å². The molecule has 0 bridgehead atoms. The molecule has 0 saturated heterocycles. The van der Waals surface area contributed by atoms with Crippen LogP contribution >= 0.6 is 0 Å². The number of rotatable bonds is 5. The van der Waals surface area contributed by atoms with Gasteiger partial charge in [0, 0.05) is 0 Å². The summed E-state index contributed by atoms with van der Waals surface area (Å²) in [6, 6.07) is 9.22. The summed E-state index contributed by atoms with van der Waals surface area (Å²) >= 11 is 0. The van der Waals surface area contributed by atoms with Crippen LogP contribution in [0.1, 0.15) is 24.2 Å². The van der Waals surface area contributed by atoms with Crippen molar-refractivity contribution in [2.24, 2.45) is 0 Å². The number of carbonyl (C=O) groups is 2. The van der Waals surface area contributed by atoms with Gasteiger partial charge in [0.2, 0.25) is 5.91 Å². The van der Waals surface area contributed by atoms with E-state index in [4.69, 9.17) is 4.74 Å². The molecule has 0 spiro atoms. The SMILES string of the molecule is C/C=C/C(=O)Nc1c(C(=O)OCC)cnn1-c1ccccc1. The molecule has 0 aliphatic heterocycles. The Morgan fingerprint density at radius 1 is 1.32 bits per heavy atom. The first kappa shape index (κ1) is 15.5. The van der Waals surface area contributed by atoms with Crippen molar-refractivity contribution >= 4 is 17.7 Å². The zero-order valence-corrected chi connectivity index (χ0v) is 12.4. The quantitative estimate of drug-likeness (QED) is 0.680. The fraction of sp³-hybridized carbons (Fsp3) is 0.188. The van der Waals surface area contributed by atoms with E-state index in [1.165, 1.54) is 17.0 Å². The number of hydrogen-bond donors (Lipinski definition) is 1. The van der Waals surface area contributed by atoms with Crippen molar-refractivity contribution in [1.82, 2.24) is 9.78 Å². The summed E-state index contributed by atoms with van der Waals surface area (Å²) in [7, 11) is 0. The van der Waals surface area contributed by atoms with E-state index in [9.17, 15) is 9.59 Å². The Bertz CT molecular complexity index is 690. The standard InChI is InChI=1S/C16H17N3O3/c1-3-8-14(20)18-15-13(16(21)22-4-2)11-17-19(15)12-9-6-5-7-10-12/h3,5-11H,4H2,1-2H3,(H,18,20)/b8-3+. The Balaban J connectivity index is 2.46. The molecule has 0 aliphatic carbocycles. The third kappa shape index (κ3) is 3.41. The number of esters is 1. The van der Waals surface area contributed by atoms with Gasteiger partial charge in [-0.15, -0.1) is 0 Å². The molecule has 0 atom stereocenters. The smallest absolute Gasteiger partial charge is 0.343 e. The van der Waals surface area contributed by atoms with Crippen molar-refractivity contribution in [3.05, 3.63) is 54.2 Å². The van der Waals surface area contributed by atoms with E-state index in [2.05, 4.69) is 10.4 Å². The zero-order valence-electron chi connectivity index (χ0n) is 12.4. The number of nitrogens with one attached hydrogen (secondary N) is 1. The molecule has 22 heavy (non-hydrogen) atoms. The van der Waals surface area contributed by atoms with Crippen LogP contribution in [0.4, 0.5) is 5.82 Å². The summed E-state index contributed by atoms with van der Waals surface area (Å²) in [4.78, 5) is 23.8. The number of benzene rings is 1. The molecule has 0 fully saturated rings. The highest BCUT2D eigenvalue weighted by atomic mass is 16.5. The molecule has 2 aromatic rings. The lowest BCUT2D eigenvalue weighted by Crippen LogP contribution is -2.16. The van der Waals surface area contributed by atoms with Gasteiger partial charge in [-0.05, 0) is 32.1 Å². The predicted octanol–water partition coefficient (Wildman–Crippen LogP) is 2.56. The first-order chi connectivity index (χ1) is 10.7. The van der Waals surface area contributed by atoms with Crippen LogP contribution in [0.2, 0.25) is 0 Å². The number of nitrogens with zero attached hydrogens (tertiary/aromatic N) is 2. The summed E-state index contributed by atoms with van der Waals surface area (Å²) in [6.07, 6.45) is 4.37. The van der Waals surface area contributed by atoms with Gasteiger partial charge in [0.25, 0.3) is 0 Å². The minimum Gasteiger partial charge on any atom is -0.462 e. The van der Waals surface area contributed by atoms with Crippen LogP contribution in [-0.2, 0) is 9.53 Å². The monoisotopic (exact) mass is 299 g/mol. The molecule has 114 valence electrons. The van der Waals surface area contributed by atoms with Gasteiger partial charge in [-0.25, -0.2) is 9.48 Å². The third-order valence-electron chi connectivity index (χ3n) is 2.82. The van der Waals surface area contributed by atoms with Gasteiger partial charge in [-0.2, -0.15) is 5.10 Å². The van der Waals surface area contributed by atoms with Gasteiger partial charge in [0.15, 0.2) is 5.82 Å². The fourth-order valence-electron chi connectivity index (χ4n) is 1.90. The summed E-state index contributed by atoms with van der Waals surface area (Å²) < 4.78 is 6.49. The van der Waals surface area contributed by atoms with Crippen LogP contribution in [0.5, 0.6) is 0 Å². The summed E-state index contributed by atoms with van der Waals surface area (Å²) in [6.45, 7) is 3.70. The maximum absolute atomic E-state index is 12.0. The van der Waals surface area contributed by atoms with Crippen molar-refractivity contribution in [2.75, 3.05) is 11.9 Å². The van der Waals surface area contributed by atoms with Gasteiger partial charge in [0.1, 0.15) is 5.56 Å². The van der Waals surface area contributed by atoms with E-state index in [1.54, 1.807) is 19.9 Å². The molecule has 1 aromatic carbocycles. The molecule has 6 heteroatoms. The van der Waals surface area contributed by atoms with Crippen LogP contribution in [-0.4, -0.2) is 28.3 Å². The second-order valence-corrected chi connectivity index (χ2v) is 4.36. The zero-order chi connectivity index (χ0) is 15.9. The highest BCUT2D eigenvalue weighted by Gasteiger charge is 2.20. The van der Waals surface area contributed by atoms with Crippen LogP contribution < -0.4 is 5.32 Å². The highest BCUT2D eigenvalue weighted by Crippen LogP contribution is 2.21. The first-order valence-electron chi connectivity index (χ1n) is 6.91. The Labute approximate surface area is 128 Å². The number of allylic oxidation sites excluding steroid dienone is 1. The number of anilines is 1. The third-order valence-corrected chi connectivity index (χ3v) is 2.82. The lowest BCUT2D eigenvalue weighted by atomic mass is 10.3. The van der Waals surface area contributed by atoms with E-state index >= 15 is 0 Å². The van der Waals surface area contributed by atoms with Crippen molar-refractivity contribution in [1.29, 1.82) is 0 Å². The molecular weight excluding hydrogens is 282 g/mol. The van der Waals surface area contributed by atoms with Gasteiger partial charge < -0.3 is 10.1 Å². The Morgan fingerprint density at radius 2 is 2.05 bits per heavy atom. The molecule has 2 rings (SSSR count). The molecule has 1 amide bonds. The van der Waals surface area contributed by atoms with Gasteiger partial charge in [-0.1, -0.05) is 24.3 Å². The van der Waals surface area contributed by atoms with E-state index in [1.807, 2.05) is 30.3 Å². The maximum atomic E-state index is 12.0. The number of ether oxygens (including phenoxy) is 1. The number of para-hydroxylation sites is 1. The van der Waals surface area contributed by atoms with Gasteiger partial charge >= 0.3 is 5.97 Å². The minimum atomic E-state index is -0.527. The molecule has 0 aliphatic rings. The number of hydrogen-bond acceptors (Lipinski definition) is 4. The maximum Gasteiger partial charge on any atom is 0.343 e. The fourth-order valence-corrected chi connectivity index (χ4v) is 1.90. The average molecular weight is 299 g/mol. The molecule has 0 saturated carbocycles. The van der Waals surface area contributed by atoms with Crippen molar-refractivity contribution in [3.8, 4) is 5.69 Å². The van der Waals surface area contributed by atoms with Crippen LogP contribution in [0, 0.1) is 0 Å². The van der Waals surface area contributed by atoms with Gasteiger partial charge in [0.05, 0.1) is 18.5 Å². The molecule has 6 nitrogen and oxygen atoms in total. The summed E-state index contributed by atoms with van der Waals surface area (Å²) in [5.74, 6) is -0.584. The van der Waals surface area contributed by atoms with Crippen molar-refractivity contribution in [2.45, 2.75) is 13.8 Å². The van der Waals surface area contributed by atoms with Crippen LogP contribution in [0.3, 0.4) is 0 Å². The van der Waals surface area contributed by atoms with Crippen LogP contribution in [0.15, 0.2) is 48.7 Å². The lowest BCUT2D eigenvalue weighted by molar-refractivity contribution is -0.111. The Morgan fingerprint density at radius 3 is 2.68 bits per heavy atom. The largest absolute Gasteiger partial charge is 0.462 e. The van der Waals surface area contributed by atoms with E-state index in [0.717, 1.165) is 5.69 Å². The summed E-state index contributed by atoms with van der Waals surface area (Å²) in [5, 5.41) is 6.85. The number of carbonyl (C=O) groups excluding carboxylic acids is 2.